The Morgan fingerprint density at radius 2 is 1.43 bits per heavy atom. The molecule has 0 aliphatic carbocycles. The number of furan rings is 1. The fourth-order valence-electron chi connectivity index (χ4n) is 3.98. The van der Waals surface area contributed by atoms with Crippen LogP contribution in [0.2, 0.25) is 0 Å². The van der Waals surface area contributed by atoms with E-state index >= 15 is 0 Å². The van der Waals surface area contributed by atoms with Crippen molar-refractivity contribution in [2.75, 3.05) is 0 Å². The summed E-state index contributed by atoms with van der Waals surface area (Å²) in [6, 6.07) is 26.6. The monoisotopic (exact) mass is 387 g/mol. The first-order valence-corrected chi connectivity index (χ1v) is 9.91. The van der Waals surface area contributed by atoms with Gasteiger partial charge in [0.1, 0.15) is 17.0 Å². The van der Waals surface area contributed by atoms with Crippen molar-refractivity contribution in [3.8, 4) is 11.3 Å². The normalized spacial score (nSPS) is 11.5. The van der Waals surface area contributed by atoms with Crippen LogP contribution in [-0.4, -0.2) is 15.0 Å². The van der Waals surface area contributed by atoms with Gasteiger partial charge < -0.3 is 4.42 Å². The first-order valence-electron chi connectivity index (χ1n) is 9.91. The van der Waals surface area contributed by atoms with Gasteiger partial charge in [-0.15, -0.1) is 0 Å². The van der Waals surface area contributed by atoms with Gasteiger partial charge in [0.15, 0.2) is 0 Å². The zero-order chi connectivity index (χ0) is 19.9. The van der Waals surface area contributed by atoms with Crippen molar-refractivity contribution < 1.29 is 4.42 Å². The highest BCUT2D eigenvalue weighted by Crippen LogP contribution is 2.34. The summed E-state index contributed by atoms with van der Waals surface area (Å²) in [6.07, 6.45) is 4.27. The molecule has 0 atom stereocenters. The first-order chi connectivity index (χ1) is 14.8. The standard InChI is InChI=1S/C26H17N3O/c1-3-7-22-20(6-1)26(29-25(28-22)15-17-11-13-27-14-12-17)18-9-10-24-21(16-18)19-5-2-4-8-23(19)30-24/h1-14,16H,15H2. The van der Waals surface area contributed by atoms with Crippen LogP contribution in [0.4, 0.5) is 0 Å². The van der Waals surface area contributed by atoms with E-state index in [9.17, 15) is 0 Å². The van der Waals surface area contributed by atoms with Crippen LogP contribution >= 0.6 is 0 Å². The molecule has 4 heteroatoms. The van der Waals surface area contributed by atoms with Crippen molar-refractivity contribution in [1.82, 2.24) is 15.0 Å². The summed E-state index contributed by atoms with van der Waals surface area (Å²) in [5.41, 5.74) is 5.87. The lowest BCUT2D eigenvalue weighted by atomic mass is 10.0. The fraction of sp³-hybridized carbons (Fsp3) is 0.0385. The van der Waals surface area contributed by atoms with Gasteiger partial charge in [-0.1, -0.05) is 36.4 Å². The van der Waals surface area contributed by atoms with Crippen molar-refractivity contribution in [3.05, 3.63) is 103 Å². The van der Waals surface area contributed by atoms with Gasteiger partial charge in [0.25, 0.3) is 0 Å². The molecule has 4 nitrogen and oxygen atoms in total. The number of para-hydroxylation sites is 2. The molecule has 0 aliphatic rings. The summed E-state index contributed by atoms with van der Waals surface area (Å²) in [4.78, 5) is 13.9. The molecule has 0 unspecified atom stereocenters. The van der Waals surface area contributed by atoms with E-state index < -0.39 is 0 Å². The second kappa shape index (κ2) is 6.78. The van der Waals surface area contributed by atoms with E-state index in [1.807, 2.05) is 54.6 Å². The number of nitrogens with zero attached hydrogens (tertiary/aromatic N) is 3. The Bertz CT molecular complexity index is 1520. The van der Waals surface area contributed by atoms with Gasteiger partial charge in [-0.3, -0.25) is 4.98 Å². The molecule has 142 valence electrons. The van der Waals surface area contributed by atoms with Crippen LogP contribution in [0.1, 0.15) is 11.4 Å². The number of pyridine rings is 1. The smallest absolute Gasteiger partial charge is 0.135 e. The summed E-state index contributed by atoms with van der Waals surface area (Å²) in [5, 5.41) is 3.26. The molecule has 0 saturated heterocycles. The second-order valence-corrected chi connectivity index (χ2v) is 7.35. The molecule has 0 bridgehead atoms. The summed E-state index contributed by atoms with van der Waals surface area (Å²) in [6.45, 7) is 0. The molecule has 6 rings (SSSR count). The molecule has 6 aromatic rings. The topological polar surface area (TPSA) is 51.8 Å². The molecule has 0 spiro atoms. The second-order valence-electron chi connectivity index (χ2n) is 7.35. The average molecular weight is 387 g/mol. The Kier molecular flexibility index (Phi) is 3.81. The molecule has 3 aromatic carbocycles. The van der Waals surface area contributed by atoms with Gasteiger partial charge in [0.05, 0.1) is 11.2 Å². The Morgan fingerprint density at radius 1 is 0.667 bits per heavy atom. The fourth-order valence-corrected chi connectivity index (χ4v) is 3.98. The van der Waals surface area contributed by atoms with Gasteiger partial charge in [-0.2, -0.15) is 0 Å². The van der Waals surface area contributed by atoms with Gasteiger partial charge in [0, 0.05) is 40.5 Å². The van der Waals surface area contributed by atoms with Crippen molar-refractivity contribution in [2.45, 2.75) is 6.42 Å². The zero-order valence-electron chi connectivity index (χ0n) is 16.1. The number of aromatic nitrogens is 3. The zero-order valence-corrected chi connectivity index (χ0v) is 16.1. The van der Waals surface area contributed by atoms with E-state index in [-0.39, 0.29) is 0 Å². The molecule has 3 aromatic heterocycles. The number of benzene rings is 3. The lowest BCUT2D eigenvalue weighted by Crippen LogP contribution is -2.00. The third kappa shape index (κ3) is 2.81. The number of fused-ring (bicyclic) bond motifs is 4. The van der Waals surface area contributed by atoms with E-state index in [0.29, 0.717) is 6.42 Å². The molecule has 0 fully saturated rings. The molecule has 3 heterocycles. The molecule has 30 heavy (non-hydrogen) atoms. The molecule has 0 radical (unpaired) electrons. The number of hydrogen-bond acceptors (Lipinski definition) is 4. The maximum atomic E-state index is 5.99. The van der Waals surface area contributed by atoms with Gasteiger partial charge in [-0.05, 0) is 48.0 Å². The van der Waals surface area contributed by atoms with Crippen LogP contribution in [0.25, 0.3) is 44.1 Å². The molecule has 0 N–H and O–H groups in total. The summed E-state index contributed by atoms with van der Waals surface area (Å²) in [7, 11) is 0. The van der Waals surface area contributed by atoms with Crippen molar-refractivity contribution in [1.29, 1.82) is 0 Å². The maximum Gasteiger partial charge on any atom is 0.135 e. The summed E-state index contributed by atoms with van der Waals surface area (Å²) >= 11 is 0. The third-order valence-electron chi connectivity index (χ3n) is 5.41. The molecule has 0 amide bonds. The minimum absolute atomic E-state index is 0.664. The summed E-state index contributed by atoms with van der Waals surface area (Å²) in [5.74, 6) is 0.798. The Hall–Kier alpha value is -4.05. The highest BCUT2D eigenvalue weighted by Gasteiger charge is 2.13. The van der Waals surface area contributed by atoms with Crippen LogP contribution in [0.15, 0.2) is 95.7 Å². The van der Waals surface area contributed by atoms with Crippen LogP contribution in [-0.2, 0) is 6.42 Å². The van der Waals surface area contributed by atoms with E-state index in [0.717, 1.165) is 55.5 Å². The van der Waals surface area contributed by atoms with Crippen molar-refractivity contribution in [2.24, 2.45) is 0 Å². The predicted octanol–water partition coefficient (Wildman–Crippen LogP) is 6.18. The lowest BCUT2D eigenvalue weighted by Gasteiger charge is -2.09. The maximum absolute atomic E-state index is 5.99. The van der Waals surface area contributed by atoms with Crippen LogP contribution in [0.3, 0.4) is 0 Å². The molecular formula is C26H17N3O. The molecule has 0 saturated carbocycles. The van der Waals surface area contributed by atoms with E-state index in [2.05, 4.69) is 29.2 Å². The Morgan fingerprint density at radius 3 is 2.33 bits per heavy atom. The first kappa shape index (κ1) is 16.9. The van der Waals surface area contributed by atoms with Crippen molar-refractivity contribution >= 4 is 32.8 Å². The quantitative estimate of drug-likeness (QED) is 0.364. The van der Waals surface area contributed by atoms with Gasteiger partial charge in [0.2, 0.25) is 0 Å². The molecule has 0 aliphatic heterocycles. The predicted molar refractivity (Wildman–Crippen MR) is 119 cm³/mol. The summed E-state index contributed by atoms with van der Waals surface area (Å²) < 4.78 is 5.99. The minimum Gasteiger partial charge on any atom is -0.456 e. The van der Waals surface area contributed by atoms with Gasteiger partial charge >= 0.3 is 0 Å². The molecular weight excluding hydrogens is 370 g/mol. The third-order valence-corrected chi connectivity index (χ3v) is 5.41. The van der Waals surface area contributed by atoms with E-state index in [1.165, 1.54) is 0 Å². The highest BCUT2D eigenvalue weighted by molar-refractivity contribution is 6.07. The van der Waals surface area contributed by atoms with Gasteiger partial charge in [-0.25, -0.2) is 9.97 Å². The SMILES string of the molecule is c1ccc2c(-c3ccc4oc5ccccc5c4c3)nc(Cc3ccncc3)nc2c1. The Labute approximate surface area is 172 Å². The average Bonchev–Trinajstić information content (AvgIpc) is 3.17. The van der Waals surface area contributed by atoms with E-state index in [4.69, 9.17) is 14.4 Å². The van der Waals surface area contributed by atoms with Crippen LogP contribution < -0.4 is 0 Å². The Balaban J connectivity index is 1.56. The lowest BCUT2D eigenvalue weighted by molar-refractivity contribution is 0.669. The minimum atomic E-state index is 0.664. The van der Waals surface area contributed by atoms with Crippen molar-refractivity contribution in [3.63, 3.8) is 0 Å². The van der Waals surface area contributed by atoms with E-state index in [1.54, 1.807) is 12.4 Å². The highest BCUT2D eigenvalue weighted by atomic mass is 16.3. The largest absolute Gasteiger partial charge is 0.456 e. The number of rotatable bonds is 3. The van der Waals surface area contributed by atoms with Crippen LogP contribution in [0, 0.1) is 0 Å². The van der Waals surface area contributed by atoms with Crippen LogP contribution in [0.5, 0.6) is 0 Å². The number of hydrogen-bond donors (Lipinski definition) is 0.